The van der Waals surface area contributed by atoms with Crippen molar-refractivity contribution in [2.24, 2.45) is 4.99 Å². The van der Waals surface area contributed by atoms with Crippen LogP contribution in [0.4, 0.5) is 4.39 Å². The average Bonchev–Trinajstić information content (AvgIpc) is 3.13. The lowest BCUT2D eigenvalue weighted by Crippen LogP contribution is -2.47. The van der Waals surface area contributed by atoms with Gasteiger partial charge in [0.15, 0.2) is 5.96 Å². The number of ether oxygens (including phenoxy) is 2. The second-order valence-corrected chi connectivity index (χ2v) is 6.85. The first-order valence-corrected chi connectivity index (χ1v) is 9.35. The van der Waals surface area contributed by atoms with Crippen LogP contribution in [0.3, 0.4) is 0 Å². The monoisotopic (exact) mass is 492 g/mol. The van der Waals surface area contributed by atoms with Crippen molar-refractivity contribution in [2.75, 3.05) is 53.0 Å². The number of nitrogens with zero attached hydrogens (tertiary/aromatic N) is 3. The van der Waals surface area contributed by atoms with E-state index in [4.69, 9.17) is 9.47 Å². The van der Waals surface area contributed by atoms with Crippen LogP contribution in [0.5, 0.6) is 5.75 Å². The first-order chi connectivity index (χ1) is 12.7. The van der Waals surface area contributed by atoms with Crippen LogP contribution in [0.2, 0.25) is 0 Å². The molecule has 0 aliphatic carbocycles. The molecule has 0 saturated carbocycles. The van der Waals surface area contributed by atoms with Crippen LogP contribution in [0.15, 0.2) is 29.3 Å². The number of aliphatic imine (C=N–C) groups is 1. The summed E-state index contributed by atoms with van der Waals surface area (Å²) in [5.74, 6) is 1.16. The molecule has 2 unspecified atom stereocenters. The van der Waals surface area contributed by atoms with Crippen molar-refractivity contribution >= 4 is 29.9 Å². The van der Waals surface area contributed by atoms with Gasteiger partial charge in [-0.3, -0.25) is 9.89 Å². The maximum absolute atomic E-state index is 13.2. The topological polar surface area (TPSA) is 49.3 Å². The molecule has 0 aromatic heterocycles. The van der Waals surface area contributed by atoms with Crippen molar-refractivity contribution in [1.29, 1.82) is 0 Å². The number of hydrogen-bond donors (Lipinski definition) is 1. The molecule has 2 aliphatic rings. The number of likely N-dealkylation sites (tertiary alicyclic amines) is 1. The Balaban J connectivity index is 0.00000261. The zero-order valence-corrected chi connectivity index (χ0v) is 18.4. The summed E-state index contributed by atoms with van der Waals surface area (Å²) in [5.41, 5.74) is 0. The number of hydrogen-bond acceptors (Lipinski definition) is 4. The first kappa shape index (κ1) is 22.2. The fourth-order valence-corrected chi connectivity index (χ4v) is 3.56. The van der Waals surface area contributed by atoms with Crippen molar-refractivity contribution in [2.45, 2.75) is 25.5 Å². The van der Waals surface area contributed by atoms with Gasteiger partial charge in [0.1, 0.15) is 17.7 Å². The van der Waals surface area contributed by atoms with Gasteiger partial charge in [-0.25, -0.2) is 4.39 Å². The summed E-state index contributed by atoms with van der Waals surface area (Å²) in [4.78, 5) is 9.24. The summed E-state index contributed by atoms with van der Waals surface area (Å²) in [6, 6.07) is 6.80. The molecular weight excluding hydrogens is 462 g/mol. The highest BCUT2D eigenvalue weighted by Crippen LogP contribution is 2.17. The quantitative estimate of drug-likeness (QED) is 0.388. The molecule has 1 aromatic rings. The van der Waals surface area contributed by atoms with Crippen LogP contribution in [0, 0.1) is 5.82 Å². The third-order valence-electron chi connectivity index (χ3n) is 4.92. The molecule has 3 rings (SSSR count). The third kappa shape index (κ3) is 6.46. The fraction of sp³-hybridized carbons (Fsp3) is 0.632. The number of nitrogens with one attached hydrogen (secondary N) is 1. The summed E-state index contributed by atoms with van der Waals surface area (Å²) in [6.07, 6.45) is 1.06. The molecular formula is C19H30FIN4O2. The van der Waals surface area contributed by atoms with E-state index in [9.17, 15) is 4.39 Å². The minimum atomic E-state index is -0.287. The van der Waals surface area contributed by atoms with Gasteiger partial charge >= 0.3 is 0 Å². The van der Waals surface area contributed by atoms with Crippen molar-refractivity contribution < 1.29 is 13.9 Å². The minimum Gasteiger partial charge on any atom is -0.489 e. The minimum absolute atomic E-state index is 0. The Bertz CT molecular complexity index is 613. The number of halogens is 2. The number of benzene rings is 1. The smallest absolute Gasteiger partial charge is 0.193 e. The summed E-state index contributed by atoms with van der Waals surface area (Å²) in [7, 11) is 1.81. The fourth-order valence-electron chi connectivity index (χ4n) is 3.56. The molecule has 1 aromatic carbocycles. The maximum Gasteiger partial charge on any atom is 0.193 e. The van der Waals surface area contributed by atoms with Gasteiger partial charge in [-0.1, -0.05) is 6.07 Å². The van der Waals surface area contributed by atoms with E-state index in [2.05, 4.69) is 20.1 Å². The standard InChI is InChI=1S/C19H29FN4O2.HI/c1-15(26-18-5-3-4-16(20)12-18)13-22-19(21-2)24-7-6-17(14-24)23-8-10-25-11-9-23;/h3-5,12,15,17H,6-11,13-14H2,1-2H3,(H,21,22);1H. The van der Waals surface area contributed by atoms with Crippen molar-refractivity contribution in [1.82, 2.24) is 15.1 Å². The van der Waals surface area contributed by atoms with Crippen LogP contribution >= 0.6 is 24.0 Å². The Kier molecular flexibility index (Phi) is 9.04. The summed E-state index contributed by atoms with van der Waals surface area (Å²) < 4.78 is 24.5. The Morgan fingerprint density at radius 2 is 2.15 bits per heavy atom. The second-order valence-electron chi connectivity index (χ2n) is 6.85. The molecule has 152 valence electrons. The zero-order chi connectivity index (χ0) is 18.4. The zero-order valence-electron chi connectivity index (χ0n) is 16.1. The molecule has 0 spiro atoms. The lowest BCUT2D eigenvalue weighted by molar-refractivity contribution is 0.0194. The molecule has 0 amide bonds. The average molecular weight is 492 g/mol. The molecule has 8 heteroatoms. The number of guanidine groups is 1. The molecule has 1 N–H and O–H groups in total. The van der Waals surface area contributed by atoms with E-state index in [1.165, 1.54) is 12.1 Å². The Morgan fingerprint density at radius 1 is 1.37 bits per heavy atom. The largest absolute Gasteiger partial charge is 0.489 e. The maximum atomic E-state index is 13.2. The van der Waals surface area contributed by atoms with Crippen LogP contribution in [-0.4, -0.2) is 80.9 Å². The van der Waals surface area contributed by atoms with Crippen molar-refractivity contribution in [3.05, 3.63) is 30.1 Å². The molecule has 2 aliphatic heterocycles. The van der Waals surface area contributed by atoms with Crippen LogP contribution < -0.4 is 10.1 Å². The lowest BCUT2D eigenvalue weighted by atomic mass is 10.2. The number of morpholine rings is 1. The second kappa shape index (κ2) is 11.0. The first-order valence-electron chi connectivity index (χ1n) is 9.35. The van der Waals surface area contributed by atoms with E-state index >= 15 is 0 Å². The third-order valence-corrected chi connectivity index (χ3v) is 4.92. The van der Waals surface area contributed by atoms with Gasteiger partial charge in [0.25, 0.3) is 0 Å². The van der Waals surface area contributed by atoms with Crippen molar-refractivity contribution in [3.63, 3.8) is 0 Å². The highest BCUT2D eigenvalue weighted by molar-refractivity contribution is 14.0. The Labute approximate surface area is 178 Å². The van der Waals surface area contributed by atoms with Gasteiger partial charge in [0, 0.05) is 45.3 Å². The van der Waals surface area contributed by atoms with E-state index in [1.54, 1.807) is 12.1 Å². The van der Waals surface area contributed by atoms with Gasteiger partial charge in [-0.15, -0.1) is 24.0 Å². The van der Waals surface area contributed by atoms with E-state index in [1.807, 2.05) is 14.0 Å². The SMILES string of the molecule is CN=C(NCC(C)Oc1cccc(F)c1)N1CCC(N2CCOCC2)C1.I. The molecule has 0 bridgehead atoms. The molecule has 6 nitrogen and oxygen atoms in total. The molecule has 2 heterocycles. The highest BCUT2D eigenvalue weighted by Gasteiger charge is 2.30. The van der Waals surface area contributed by atoms with Crippen molar-refractivity contribution in [3.8, 4) is 5.75 Å². The van der Waals surface area contributed by atoms with Crippen LogP contribution in [-0.2, 0) is 4.74 Å². The predicted molar refractivity (Wildman–Crippen MR) is 116 cm³/mol. The molecule has 2 atom stereocenters. The van der Waals surface area contributed by atoms with E-state index in [0.29, 0.717) is 18.3 Å². The van der Waals surface area contributed by atoms with Gasteiger partial charge in [0.2, 0.25) is 0 Å². The van der Waals surface area contributed by atoms with E-state index in [-0.39, 0.29) is 35.9 Å². The van der Waals surface area contributed by atoms with Crippen LogP contribution in [0.25, 0.3) is 0 Å². The highest BCUT2D eigenvalue weighted by atomic mass is 127. The van der Waals surface area contributed by atoms with E-state index < -0.39 is 0 Å². The molecule has 27 heavy (non-hydrogen) atoms. The summed E-state index contributed by atoms with van der Waals surface area (Å²) in [5, 5.41) is 3.38. The van der Waals surface area contributed by atoms with E-state index in [0.717, 1.165) is 51.8 Å². The van der Waals surface area contributed by atoms with Gasteiger partial charge in [-0.2, -0.15) is 0 Å². The normalized spacial score (nSPS) is 22.3. The lowest BCUT2D eigenvalue weighted by Gasteiger charge is -2.32. The summed E-state index contributed by atoms with van der Waals surface area (Å²) in [6.45, 7) is 8.26. The molecule has 2 fully saturated rings. The van der Waals surface area contributed by atoms with Gasteiger partial charge < -0.3 is 19.7 Å². The van der Waals surface area contributed by atoms with Crippen LogP contribution in [0.1, 0.15) is 13.3 Å². The van der Waals surface area contributed by atoms with Gasteiger partial charge in [-0.05, 0) is 25.5 Å². The molecule has 0 radical (unpaired) electrons. The molecule has 2 saturated heterocycles. The summed E-state index contributed by atoms with van der Waals surface area (Å²) >= 11 is 0. The Hall–Kier alpha value is -1.13. The predicted octanol–water partition coefficient (Wildman–Crippen LogP) is 2.19. The Morgan fingerprint density at radius 3 is 2.85 bits per heavy atom. The number of rotatable bonds is 5. The van der Waals surface area contributed by atoms with Gasteiger partial charge in [0.05, 0.1) is 19.8 Å².